The number of nitrogens with zero attached hydrogens (tertiary/aromatic N) is 1. The number of aromatic hydroxyl groups is 1. The predicted octanol–water partition coefficient (Wildman–Crippen LogP) is 3.76. The third-order valence-electron chi connectivity index (χ3n) is 2.51. The Hall–Kier alpha value is -1.55. The first-order valence-corrected chi connectivity index (χ1v) is 6.75. The maximum absolute atomic E-state index is 9.37. The van der Waals surface area contributed by atoms with Gasteiger partial charge in [-0.3, -0.25) is 0 Å². The number of benzene rings is 1. The van der Waals surface area contributed by atoms with Gasteiger partial charge in [-0.25, -0.2) is 4.98 Å². The largest absolute Gasteiger partial charge is 0.508 e. The molecule has 0 saturated heterocycles. The molecule has 2 N–H and O–H groups in total. The van der Waals surface area contributed by atoms with E-state index in [0.717, 1.165) is 17.2 Å². The van der Waals surface area contributed by atoms with Crippen molar-refractivity contribution in [2.24, 2.45) is 0 Å². The molecule has 0 saturated carbocycles. The maximum atomic E-state index is 9.37. The summed E-state index contributed by atoms with van der Waals surface area (Å²) in [7, 11) is 0. The molecule has 3 nitrogen and oxygen atoms in total. The Labute approximate surface area is 112 Å². The highest BCUT2D eigenvalue weighted by molar-refractivity contribution is 7.11. The van der Waals surface area contributed by atoms with Crippen LogP contribution in [-0.4, -0.2) is 10.1 Å². The number of aromatic nitrogens is 1. The van der Waals surface area contributed by atoms with Gasteiger partial charge in [-0.2, -0.15) is 0 Å². The van der Waals surface area contributed by atoms with Crippen LogP contribution in [0.4, 0.5) is 5.69 Å². The summed E-state index contributed by atoms with van der Waals surface area (Å²) in [6.45, 7) is 7.23. The highest BCUT2D eigenvalue weighted by atomic mass is 32.1. The molecule has 0 radical (unpaired) electrons. The van der Waals surface area contributed by atoms with Crippen LogP contribution in [0.5, 0.6) is 5.75 Å². The first-order valence-electron chi connectivity index (χ1n) is 5.93. The van der Waals surface area contributed by atoms with Crippen LogP contribution < -0.4 is 5.32 Å². The van der Waals surface area contributed by atoms with Gasteiger partial charge in [-0.05, 0) is 12.1 Å². The lowest BCUT2D eigenvalue weighted by Gasteiger charge is -2.13. The molecular formula is C14H18N2OS. The minimum atomic E-state index is 0.105. The van der Waals surface area contributed by atoms with Crippen LogP contribution in [0.25, 0.3) is 0 Å². The Kier molecular flexibility index (Phi) is 3.57. The first kappa shape index (κ1) is 12.9. The number of anilines is 1. The molecule has 96 valence electrons. The zero-order chi connectivity index (χ0) is 13.2. The quantitative estimate of drug-likeness (QED) is 0.885. The van der Waals surface area contributed by atoms with Crippen molar-refractivity contribution in [2.45, 2.75) is 32.7 Å². The predicted molar refractivity (Wildman–Crippen MR) is 76.2 cm³/mol. The fourth-order valence-electron chi connectivity index (χ4n) is 1.54. The van der Waals surface area contributed by atoms with Gasteiger partial charge in [0.1, 0.15) is 5.75 Å². The standard InChI is InChI=1S/C14H18N2OS/c1-14(2,3)13-16-9-12(18-13)8-15-10-5-4-6-11(17)7-10/h4-7,9,15,17H,8H2,1-3H3. The SMILES string of the molecule is CC(C)(C)c1ncc(CNc2cccc(O)c2)s1. The smallest absolute Gasteiger partial charge is 0.117 e. The van der Waals surface area contributed by atoms with Crippen molar-refractivity contribution in [2.75, 3.05) is 5.32 Å². The van der Waals surface area contributed by atoms with Crippen LogP contribution in [-0.2, 0) is 12.0 Å². The Morgan fingerprint density at radius 2 is 2.11 bits per heavy atom. The minimum absolute atomic E-state index is 0.105. The first-order chi connectivity index (χ1) is 8.45. The maximum Gasteiger partial charge on any atom is 0.117 e. The minimum Gasteiger partial charge on any atom is -0.508 e. The van der Waals surface area contributed by atoms with Crippen LogP contribution >= 0.6 is 11.3 Å². The van der Waals surface area contributed by atoms with Crippen molar-refractivity contribution in [3.05, 3.63) is 40.3 Å². The van der Waals surface area contributed by atoms with Crippen molar-refractivity contribution in [1.29, 1.82) is 0 Å². The molecule has 0 aliphatic carbocycles. The fraction of sp³-hybridized carbons (Fsp3) is 0.357. The van der Waals surface area contributed by atoms with Crippen molar-refractivity contribution in [1.82, 2.24) is 4.98 Å². The van der Waals surface area contributed by atoms with E-state index in [4.69, 9.17) is 0 Å². The van der Waals surface area contributed by atoms with E-state index < -0.39 is 0 Å². The second-order valence-electron chi connectivity index (χ2n) is 5.29. The molecule has 1 heterocycles. The number of phenolic OH excluding ortho intramolecular Hbond substituents is 1. The molecule has 1 aromatic carbocycles. The Morgan fingerprint density at radius 3 is 2.72 bits per heavy atom. The zero-order valence-electron chi connectivity index (χ0n) is 10.9. The summed E-state index contributed by atoms with van der Waals surface area (Å²) in [4.78, 5) is 5.64. The molecule has 18 heavy (non-hydrogen) atoms. The van der Waals surface area contributed by atoms with E-state index in [1.807, 2.05) is 18.3 Å². The lowest BCUT2D eigenvalue weighted by molar-refractivity contribution is 0.475. The second kappa shape index (κ2) is 4.98. The molecular weight excluding hydrogens is 244 g/mol. The van der Waals surface area contributed by atoms with E-state index in [9.17, 15) is 5.11 Å². The Balaban J connectivity index is 2.01. The topological polar surface area (TPSA) is 45.2 Å². The molecule has 0 aliphatic rings. The summed E-state index contributed by atoms with van der Waals surface area (Å²) < 4.78 is 0. The van der Waals surface area contributed by atoms with E-state index in [2.05, 4.69) is 31.1 Å². The fourth-order valence-corrected chi connectivity index (χ4v) is 2.45. The Bertz CT molecular complexity index is 529. The van der Waals surface area contributed by atoms with Gasteiger partial charge in [0.15, 0.2) is 0 Å². The van der Waals surface area contributed by atoms with Crippen molar-refractivity contribution in [3.8, 4) is 5.75 Å². The Morgan fingerprint density at radius 1 is 1.33 bits per heavy atom. The van der Waals surface area contributed by atoms with Gasteiger partial charge in [-0.15, -0.1) is 11.3 Å². The molecule has 1 aromatic heterocycles. The normalized spacial score (nSPS) is 11.5. The third-order valence-corrected chi connectivity index (χ3v) is 3.93. The molecule has 2 aromatic rings. The highest BCUT2D eigenvalue weighted by Crippen LogP contribution is 2.27. The average Bonchev–Trinajstić information content (AvgIpc) is 2.74. The lowest BCUT2D eigenvalue weighted by atomic mass is 9.98. The van der Waals surface area contributed by atoms with Crippen molar-refractivity contribution in [3.63, 3.8) is 0 Å². The monoisotopic (exact) mass is 262 g/mol. The molecule has 0 unspecified atom stereocenters. The van der Waals surface area contributed by atoms with Crippen molar-refractivity contribution >= 4 is 17.0 Å². The van der Waals surface area contributed by atoms with E-state index in [-0.39, 0.29) is 11.2 Å². The van der Waals surface area contributed by atoms with Crippen LogP contribution in [0, 0.1) is 0 Å². The summed E-state index contributed by atoms with van der Waals surface area (Å²) in [6, 6.07) is 7.14. The number of rotatable bonds is 3. The number of phenols is 1. The number of hydrogen-bond donors (Lipinski definition) is 2. The molecule has 0 aliphatic heterocycles. The van der Waals surface area contributed by atoms with Gasteiger partial charge >= 0.3 is 0 Å². The summed E-state index contributed by atoms with van der Waals surface area (Å²) in [5.41, 5.74) is 1.02. The van der Waals surface area contributed by atoms with Crippen LogP contribution in [0.3, 0.4) is 0 Å². The lowest BCUT2D eigenvalue weighted by Crippen LogP contribution is -2.09. The number of thiazole rings is 1. The van der Waals surface area contributed by atoms with Gasteiger partial charge in [0, 0.05) is 28.2 Å². The highest BCUT2D eigenvalue weighted by Gasteiger charge is 2.17. The third kappa shape index (κ3) is 3.23. The van der Waals surface area contributed by atoms with Crippen LogP contribution in [0.2, 0.25) is 0 Å². The molecule has 0 bridgehead atoms. The van der Waals surface area contributed by atoms with E-state index in [0.29, 0.717) is 0 Å². The summed E-state index contributed by atoms with van der Waals surface area (Å²) >= 11 is 1.73. The average molecular weight is 262 g/mol. The van der Waals surface area contributed by atoms with E-state index >= 15 is 0 Å². The van der Waals surface area contributed by atoms with Crippen LogP contribution in [0.15, 0.2) is 30.5 Å². The summed E-state index contributed by atoms with van der Waals surface area (Å²) in [5, 5.41) is 13.8. The van der Waals surface area contributed by atoms with Gasteiger partial charge in [0.25, 0.3) is 0 Å². The number of hydrogen-bond acceptors (Lipinski definition) is 4. The van der Waals surface area contributed by atoms with E-state index in [1.54, 1.807) is 23.5 Å². The molecule has 0 amide bonds. The molecule has 2 rings (SSSR count). The zero-order valence-corrected chi connectivity index (χ0v) is 11.7. The molecule has 4 heteroatoms. The van der Waals surface area contributed by atoms with Gasteiger partial charge in [0.05, 0.1) is 11.6 Å². The van der Waals surface area contributed by atoms with Crippen molar-refractivity contribution < 1.29 is 5.11 Å². The number of nitrogens with one attached hydrogen (secondary N) is 1. The molecule has 0 atom stereocenters. The molecule has 0 spiro atoms. The summed E-state index contributed by atoms with van der Waals surface area (Å²) in [6.07, 6.45) is 1.92. The van der Waals surface area contributed by atoms with E-state index in [1.165, 1.54) is 4.88 Å². The van der Waals surface area contributed by atoms with Gasteiger partial charge in [0.2, 0.25) is 0 Å². The molecule has 0 fully saturated rings. The second-order valence-corrected chi connectivity index (χ2v) is 6.40. The summed E-state index contributed by atoms with van der Waals surface area (Å²) in [5.74, 6) is 0.277. The van der Waals surface area contributed by atoms with Gasteiger partial charge in [-0.1, -0.05) is 26.8 Å². The van der Waals surface area contributed by atoms with Gasteiger partial charge < -0.3 is 10.4 Å². The van der Waals surface area contributed by atoms with Crippen LogP contribution in [0.1, 0.15) is 30.7 Å².